The third-order valence-electron chi connectivity index (χ3n) is 4.42. The van der Waals surface area contributed by atoms with Gasteiger partial charge in [-0.05, 0) is 50.4 Å². The molecule has 0 N–H and O–H groups in total. The number of carbonyl (C=O) groups is 1. The van der Waals surface area contributed by atoms with Crippen molar-refractivity contribution < 1.29 is 4.79 Å². The van der Waals surface area contributed by atoms with Gasteiger partial charge < -0.3 is 0 Å². The van der Waals surface area contributed by atoms with Crippen LogP contribution in [0.2, 0.25) is 0 Å². The Morgan fingerprint density at radius 3 is 1.83 bits per heavy atom. The highest BCUT2D eigenvalue weighted by Crippen LogP contribution is 2.50. The van der Waals surface area contributed by atoms with Crippen LogP contribution in [0.15, 0.2) is 0 Å². The summed E-state index contributed by atoms with van der Waals surface area (Å²) >= 11 is 0. The fourth-order valence-corrected chi connectivity index (χ4v) is 3.74. The van der Waals surface area contributed by atoms with Crippen molar-refractivity contribution in [1.29, 1.82) is 0 Å². The van der Waals surface area contributed by atoms with Crippen molar-refractivity contribution in [2.75, 3.05) is 0 Å². The van der Waals surface area contributed by atoms with Crippen LogP contribution in [0.25, 0.3) is 0 Å². The van der Waals surface area contributed by atoms with E-state index >= 15 is 0 Å². The van der Waals surface area contributed by atoms with Crippen LogP contribution in [0.5, 0.6) is 0 Å². The maximum atomic E-state index is 11.9. The number of fused-ring (bicyclic) bond motifs is 2. The molecule has 0 aromatic rings. The quantitative estimate of drug-likeness (QED) is 0.537. The lowest BCUT2D eigenvalue weighted by molar-refractivity contribution is -0.126. The van der Waals surface area contributed by atoms with Gasteiger partial charge in [0.25, 0.3) is 0 Å². The van der Waals surface area contributed by atoms with Crippen LogP contribution >= 0.6 is 0 Å². The van der Waals surface area contributed by atoms with Gasteiger partial charge in [-0.2, -0.15) is 0 Å². The van der Waals surface area contributed by atoms with Gasteiger partial charge in [-0.25, -0.2) is 0 Å². The van der Waals surface area contributed by atoms with Crippen LogP contribution in [0.1, 0.15) is 38.5 Å². The summed E-state index contributed by atoms with van der Waals surface area (Å²) in [5, 5.41) is 0. The Balaban J connectivity index is 2.00. The molecule has 0 heterocycles. The van der Waals surface area contributed by atoms with Gasteiger partial charge >= 0.3 is 0 Å². The number of ketones is 1. The molecule has 0 aliphatic heterocycles. The van der Waals surface area contributed by atoms with Crippen LogP contribution in [0.3, 0.4) is 0 Å². The van der Waals surface area contributed by atoms with Gasteiger partial charge in [0.1, 0.15) is 5.78 Å². The predicted octanol–water partition coefficient (Wildman–Crippen LogP) is 2.40. The molecule has 12 heavy (non-hydrogen) atoms. The highest BCUT2D eigenvalue weighted by molar-refractivity contribution is 5.84. The first kappa shape index (κ1) is 7.11. The molecule has 0 amide bonds. The van der Waals surface area contributed by atoms with Crippen LogP contribution in [0, 0.1) is 23.7 Å². The maximum Gasteiger partial charge on any atom is 0.139 e. The zero-order valence-corrected chi connectivity index (χ0v) is 7.46. The van der Waals surface area contributed by atoms with Crippen molar-refractivity contribution >= 4 is 5.78 Å². The molecule has 4 unspecified atom stereocenters. The maximum absolute atomic E-state index is 11.9. The fraction of sp³-hybridized carbons (Fsp3) is 0.909. The molecule has 66 valence electrons. The Kier molecular flexibility index (Phi) is 1.38. The Morgan fingerprint density at radius 1 is 0.833 bits per heavy atom. The van der Waals surface area contributed by atoms with E-state index in [1.165, 1.54) is 38.5 Å². The fourth-order valence-electron chi connectivity index (χ4n) is 3.74. The monoisotopic (exact) mass is 164 g/mol. The molecule has 0 radical (unpaired) electrons. The van der Waals surface area contributed by atoms with E-state index in [4.69, 9.17) is 0 Å². The Hall–Kier alpha value is -0.330. The standard InChI is InChI=1S/C11H16O/c12-11-9-3-1-7-5-10(11)4-2-8(7)6-9/h7-10H,1-6H2. The second-order valence-corrected chi connectivity index (χ2v) is 4.94. The van der Waals surface area contributed by atoms with Gasteiger partial charge in [-0.3, -0.25) is 4.79 Å². The summed E-state index contributed by atoms with van der Waals surface area (Å²) in [4.78, 5) is 11.9. The average molecular weight is 164 g/mol. The first-order chi connectivity index (χ1) is 5.84. The molecule has 0 spiro atoms. The van der Waals surface area contributed by atoms with Crippen molar-refractivity contribution in [1.82, 2.24) is 0 Å². The smallest absolute Gasteiger partial charge is 0.139 e. The molecule has 4 bridgehead atoms. The molecule has 5 saturated carbocycles. The summed E-state index contributed by atoms with van der Waals surface area (Å²) in [6.45, 7) is 0. The van der Waals surface area contributed by atoms with Crippen molar-refractivity contribution in [2.24, 2.45) is 23.7 Å². The van der Waals surface area contributed by atoms with Crippen LogP contribution in [-0.2, 0) is 4.79 Å². The van der Waals surface area contributed by atoms with Crippen LogP contribution < -0.4 is 0 Å². The minimum absolute atomic E-state index is 0.487. The molecular weight excluding hydrogens is 148 g/mol. The summed E-state index contributed by atoms with van der Waals surface area (Å²) in [5.74, 6) is 3.48. The third kappa shape index (κ3) is 0.826. The summed E-state index contributed by atoms with van der Waals surface area (Å²) < 4.78 is 0. The summed E-state index contributed by atoms with van der Waals surface area (Å²) in [7, 11) is 0. The van der Waals surface area contributed by atoms with Gasteiger partial charge in [0.15, 0.2) is 0 Å². The molecule has 5 aliphatic rings. The van der Waals surface area contributed by atoms with E-state index < -0.39 is 0 Å². The third-order valence-corrected chi connectivity index (χ3v) is 4.42. The first-order valence-electron chi connectivity index (χ1n) is 5.38. The normalized spacial score (nSPS) is 51.2. The van der Waals surface area contributed by atoms with E-state index in [1.54, 1.807) is 0 Å². The largest absolute Gasteiger partial charge is 0.299 e. The van der Waals surface area contributed by atoms with Crippen molar-refractivity contribution in [3.63, 3.8) is 0 Å². The topological polar surface area (TPSA) is 17.1 Å². The molecule has 0 saturated heterocycles. The lowest BCUT2D eigenvalue weighted by Crippen LogP contribution is -2.24. The molecule has 1 nitrogen and oxygen atoms in total. The molecule has 0 aromatic heterocycles. The second-order valence-electron chi connectivity index (χ2n) is 4.94. The molecule has 5 aliphatic carbocycles. The Morgan fingerprint density at radius 2 is 1.33 bits per heavy atom. The summed E-state index contributed by atoms with van der Waals surface area (Å²) in [6, 6.07) is 0. The Labute approximate surface area is 73.5 Å². The molecule has 0 aromatic carbocycles. The average Bonchev–Trinajstić information content (AvgIpc) is 2.40. The van der Waals surface area contributed by atoms with Crippen molar-refractivity contribution in [2.45, 2.75) is 38.5 Å². The number of hydrogen-bond acceptors (Lipinski definition) is 1. The van der Waals surface area contributed by atoms with Gasteiger partial charge in [0.2, 0.25) is 0 Å². The van der Waals surface area contributed by atoms with Crippen molar-refractivity contribution in [3.8, 4) is 0 Å². The van der Waals surface area contributed by atoms with Gasteiger partial charge in [-0.15, -0.1) is 0 Å². The van der Waals surface area contributed by atoms with E-state index in [2.05, 4.69) is 0 Å². The molecule has 1 heteroatoms. The van der Waals surface area contributed by atoms with Crippen LogP contribution in [0.4, 0.5) is 0 Å². The van der Waals surface area contributed by atoms with Gasteiger partial charge in [0.05, 0.1) is 0 Å². The van der Waals surface area contributed by atoms with Gasteiger partial charge in [0, 0.05) is 11.8 Å². The lowest BCUT2D eigenvalue weighted by Gasteiger charge is -2.34. The Bertz CT molecular complexity index is 199. The number of rotatable bonds is 0. The second kappa shape index (κ2) is 2.34. The SMILES string of the molecule is O=C1C2CCC3CC1CCC3C2. The highest BCUT2D eigenvalue weighted by atomic mass is 16.1. The first-order valence-corrected chi connectivity index (χ1v) is 5.38. The van der Waals surface area contributed by atoms with Crippen molar-refractivity contribution in [3.05, 3.63) is 0 Å². The number of carbonyl (C=O) groups excluding carboxylic acids is 1. The minimum Gasteiger partial charge on any atom is -0.299 e. The zero-order valence-electron chi connectivity index (χ0n) is 7.46. The van der Waals surface area contributed by atoms with Gasteiger partial charge in [-0.1, -0.05) is 0 Å². The predicted molar refractivity (Wildman–Crippen MR) is 46.7 cm³/mol. The van der Waals surface area contributed by atoms with E-state index in [1.807, 2.05) is 0 Å². The number of Topliss-reactive ketones (excluding diaryl/α,β-unsaturated/α-hetero) is 1. The zero-order chi connectivity index (χ0) is 8.13. The van der Waals surface area contributed by atoms with Crippen LogP contribution in [-0.4, -0.2) is 5.78 Å². The van der Waals surface area contributed by atoms with E-state index in [9.17, 15) is 4.79 Å². The molecule has 5 fully saturated rings. The van der Waals surface area contributed by atoms with E-state index in [0.29, 0.717) is 17.6 Å². The van der Waals surface area contributed by atoms with E-state index in [-0.39, 0.29) is 0 Å². The molecular formula is C11H16O. The highest BCUT2D eigenvalue weighted by Gasteiger charge is 2.45. The van der Waals surface area contributed by atoms with E-state index in [0.717, 1.165) is 11.8 Å². The molecule has 4 atom stereocenters. The summed E-state index contributed by atoms with van der Waals surface area (Å²) in [6.07, 6.45) is 7.65. The lowest BCUT2D eigenvalue weighted by atomic mass is 9.71. The number of hydrogen-bond donors (Lipinski definition) is 0. The molecule has 5 rings (SSSR count). The minimum atomic E-state index is 0.487. The summed E-state index contributed by atoms with van der Waals surface area (Å²) in [5.41, 5.74) is 0.